The molecule has 4 nitrogen and oxygen atoms in total. The van der Waals surface area contributed by atoms with E-state index in [1.165, 1.54) is 18.2 Å². The molecule has 29 heavy (non-hydrogen) atoms. The molecule has 0 unspecified atom stereocenters. The maximum atomic E-state index is 12.8. The number of amides is 1. The van der Waals surface area contributed by atoms with Crippen LogP contribution >= 0.6 is 11.8 Å². The van der Waals surface area contributed by atoms with Gasteiger partial charge in [0.25, 0.3) is 0 Å². The zero-order chi connectivity index (χ0) is 20.2. The molecule has 1 atom stereocenters. The van der Waals surface area contributed by atoms with E-state index in [-0.39, 0.29) is 5.91 Å². The molecule has 1 fully saturated rings. The first kappa shape index (κ1) is 19.8. The first-order chi connectivity index (χ1) is 14.2. The highest BCUT2D eigenvalue weighted by Crippen LogP contribution is 2.33. The van der Waals surface area contributed by atoms with Gasteiger partial charge in [0.05, 0.1) is 23.4 Å². The maximum Gasteiger partial charge on any atom is 0.233 e. The van der Waals surface area contributed by atoms with E-state index >= 15 is 0 Å². The van der Waals surface area contributed by atoms with Gasteiger partial charge < -0.3 is 9.64 Å². The van der Waals surface area contributed by atoms with Gasteiger partial charge in [-0.05, 0) is 55.5 Å². The predicted molar refractivity (Wildman–Crippen MR) is 119 cm³/mol. The van der Waals surface area contributed by atoms with Crippen molar-refractivity contribution in [3.05, 3.63) is 54.6 Å². The van der Waals surface area contributed by atoms with Crippen molar-refractivity contribution in [2.75, 3.05) is 19.4 Å². The molecule has 1 saturated heterocycles. The van der Waals surface area contributed by atoms with Crippen LogP contribution in [0.1, 0.15) is 26.2 Å². The van der Waals surface area contributed by atoms with Crippen molar-refractivity contribution in [1.82, 2.24) is 9.88 Å². The van der Waals surface area contributed by atoms with E-state index in [0.717, 1.165) is 52.2 Å². The Balaban J connectivity index is 1.64. The van der Waals surface area contributed by atoms with Crippen LogP contribution < -0.4 is 4.74 Å². The minimum Gasteiger partial charge on any atom is -0.497 e. The average molecular weight is 407 g/mol. The normalized spacial score (nSPS) is 16.8. The van der Waals surface area contributed by atoms with E-state index in [2.05, 4.69) is 31.2 Å². The van der Waals surface area contributed by atoms with Crippen LogP contribution in [0.2, 0.25) is 0 Å². The molecule has 0 radical (unpaired) electrons. The van der Waals surface area contributed by atoms with E-state index < -0.39 is 0 Å². The Morgan fingerprint density at radius 3 is 2.76 bits per heavy atom. The quantitative estimate of drug-likeness (QED) is 0.532. The molecule has 0 bridgehead atoms. The summed E-state index contributed by atoms with van der Waals surface area (Å²) < 4.78 is 5.39. The molecule has 3 aromatic rings. The number of nitrogens with zero attached hydrogens (tertiary/aromatic N) is 2. The largest absolute Gasteiger partial charge is 0.497 e. The number of thioether (sulfide) groups is 1. The van der Waals surface area contributed by atoms with Crippen molar-refractivity contribution in [3.63, 3.8) is 0 Å². The van der Waals surface area contributed by atoms with Crippen molar-refractivity contribution in [2.45, 2.75) is 37.3 Å². The summed E-state index contributed by atoms with van der Waals surface area (Å²) in [6, 6.07) is 18.7. The number of hydrogen-bond donors (Lipinski definition) is 0. The molecular formula is C24H26N2O2S. The predicted octanol–water partition coefficient (Wildman–Crippen LogP) is 5.40. The average Bonchev–Trinajstić information content (AvgIpc) is 2.77. The van der Waals surface area contributed by atoms with Crippen LogP contribution in [0.4, 0.5) is 0 Å². The molecule has 1 aliphatic heterocycles. The van der Waals surface area contributed by atoms with Crippen molar-refractivity contribution < 1.29 is 9.53 Å². The third kappa shape index (κ3) is 4.40. The first-order valence-electron chi connectivity index (χ1n) is 10.1. The van der Waals surface area contributed by atoms with Gasteiger partial charge in [0.1, 0.15) is 5.75 Å². The molecule has 2 heterocycles. The summed E-state index contributed by atoms with van der Waals surface area (Å²) in [6.45, 7) is 3.02. The number of rotatable bonds is 5. The Bertz CT molecular complexity index is 1010. The fraction of sp³-hybridized carbons (Fsp3) is 0.333. The number of carbonyl (C=O) groups is 1. The monoisotopic (exact) mass is 406 g/mol. The highest BCUT2D eigenvalue weighted by Gasteiger charge is 2.23. The lowest BCUT2D eigenvalue weighted by Gasteiger charge is -2.33. The number of ether oxygens (including phenoxy) is 1. The van der Waals surface area contributed by atoms with Crippen LogP contribution in [0.15, 0.2) is 59.6 Å². The lowest BCUT2D eigenvalue weighted by atomic mass is 10.0. The Hall–Kier alpha value is -2.53. The van der Waals surface area contributed by atoms with Gasteiger partial charge in [0, 0.05) is 24.0 Å². The van der Waals surface area contributed by atoms with E-state index in [9.17, 15) is 4.79 Å². The molecule has 5 heteroatoms. The van der Waals surface area contributed by atoms with Gasteiger partial charge in [-0.25, -0.2) is 4.98 Å². The summed E-state index contributed by atoms with van der Waals surface area (Å²) >= 11 is 1.52. The minimum absolute atomic E-state index is 0.205. The van der Waals surface area contributed by atoms with Gasteiger partial charge in [-0.15, -0.1) is 0 Å². The fourth-order valence-corrected chi connectivity index (χ4v) is 4.73. The first-order valence-corrected chi connectivity index (χ1v) is 11.1. The zero-order valence-corrected chi connectivity index (χ0v) is 17.7. The molecular weight excluding hydrogens is 380 g/mol. The third-order valence-corrected chi connectivity index (χ3v) is 6.44. The second kappa shape index (κ2) is 8.87. The molecule has 0 N–H and O–H groups in total. The number of hydrogen-bond acceptors (Lipinski definition) is 4. The van der Waals surface area contributed by atoms with Gasteiger partial charge in [0.2, 0.25) is 5.91 Å². The second-order valence-corrected chi connectivity index (χ2v) is 8.47. The maximum absolute atomic E-state index is 12.8. The van der Waals surface area contributed by atoms with E-state index in [0.29, 0.717) is 11.8 Å². The van der Waals surface area contributed by atoms with Gasteiger partial charge >= 0.3 is 0 Å². The molecule has 1 aliphatic rings. The molecule has 0 aliphatic carbocycles. The van der Waals surface area contributed by atoms with Gasteiger partial charge in [-0.2, -0.15) is 0 Å². The van der Waals surface area contributed by atoms with Crippen LogP contribution in [0.25, 0.3) is 22.0 Å². The van der Waals surface area contributed by atoms with Crippen molar-refractivity contribution >= 4 is 28.6 Å². The van der Waals surface area contributed by atoms with Crippen molar-refractivity contribution in [2.24, 2.45) is 0 Å². The third-order valence-electron chi connectivity index (χ3n) is 5.55. The Kier molecular flexibility index (Phi) is 6.05. The summed E-state index contributed by atoms with van der Waals surface area (Å²) in [4.78, 5) is 19.6. The van der Waals surface area contributed by atoms with Crippen LogP contribution in [-0.4, -0.2) is 41.2 Å². The van der Waals surface area contributed by atoms with Gasteiger partial charge in [-0.1, -0.05) is 42.1 Å². The summed E-state index contributed by atoms with van der Waals surface area (Å²) in [6.07, 6.45) is 3.42. The Morgan fingerprint density at radius 1 is 1.17 bits per heavy atom. The lowest BCUT2D eigenvalue weighted by molar-refractivity contribution is -0.131. The molecule has 1 amide bonds. The SMILES string of the molecule is COc1ccc2c(-c3ccccc3)cc(SCC(=O)N3CCCC[C@@H]3C)nc2c1. The fourth-order valence-electron chi connectivity index (χ4n) is 3.93. The molecule has 0 spiro atoms. The topological polar surface area (TPSA) is 42.4 Å². The van der Waals surface area contributed by atoms with Crippen LogP contribution in [0.5, 0.6) is 5.75 Å². The highest BCUT2D eigenvalue weighted by molar-refractivity contribution is 7.99. The Morgan fingerprint density at radius 2 is 2.00 bits per heavy atom. The zero-order valence-electron chi connectivity index (χ0n) is 16.9. The number of carbonyl (C=O) groups excluding carboxylic acids is 1. The molecule has 4 rings (SSSR count). The number of pyridine rings is 1. The number of methoxy groups -OCH3 is 1. The van der Waals surface area contributed by atoms with E-state index in [4.69, 9.17) is 9.72 Å². The van der Waals surface area contributed by atoms with E-state index in [1.54, 1.807) is 7.11 Å². The van der Waals surface area contributed by atoms with Crippen LogP contribution in [0.3, 0.4) is 0 Å². The number of likely N-dealkylation sites (tertiary alicyclic amines) is 1. The number of benzene rings is 2. The van der Waals surface area contributed by atoms with Crippen LogP contribution in [0, 0.1) is 0 Å². The highest BCUT2D eigenvalue weighted by atomic mass is 32.2. The lowest BCUT2D eigenvalue weighted by Crippen LogP contribution is -2.42. The van der Waals surface area contributed by atoms with Crippen molar-refractivity contribution in [3.8, 4) is 16.9 Å². The smallest absolute Gasteiger partial charge is 0.233 e. The Labute approximate surface area is 176 Å². The standard InChI is InChI=1S/C24H26N2O2S/c1-17-8-6-7-13-26(17)24(27)16-29-23-15-21(18-9-4-3-5-10-18)20-12-11-19(28-2)14-22(20)25-23/h3-5,9-12,14-15,17H,6-8,13,16H2,1-2H3/t17-/m0/s1. The minimum atomic E-state index is 0.205. The summed E-state index contributed by atoms with van der Waals surface area (Å²) in [7, 11) is 1.66. The molecule has 2 aromatic carbocycles. The molecule has 0 saturated carbocycles. The van der Waals surface area contributed by atoms with Crippen LogP contribution in [-0.2, 0) is 4.79 Å². The number of fused-ring (bicyclic) bond motifs is 1. The molecule has 1 aromatic heterocycles. The summed E-state index contributed by atoms with van der Waals surface area (Å²) in [5.74, 6) is 1.40. The molecule has 150 valence electrons. The van der Waals surface area contributed by atoms with Crippen molar-refractivity contribution in [1.29, 1.82) is 0 Å². The summed E-state index contributed by atoms with van der Waals surface area (Å²) in [5.41, 5.74) is 3.15. The van der Waals surface area contributed by atoms with Gasteiger partial charge in [-0.3, -0.25) is 4.79 Å². The van der Waals surface area contributed by atoms with E-state index in [1.807, 2.05) is 35.2 Å². The number of aromatic nitrogens is 1. The summed E-state index contributed by atoms with van der Waals surface area (Å²) in [5, 5.41) is 1.94. The van der Waals surface area contributed by atoms with Gasteiger partial charge in [0.15, 0.2) is 0 Å². The second-order valence-electron chi connectivity index (χ2n) is 7.48. The number of piperidine rings is 1.